The van der Waals surface area contributed by atoms with Crippen molar-refractivity contribution in [1.82, 2.24) is 0 Å². The van der Waals surface area contributed by atoms with Gasteiger partial charge in [0.1, 0.15) is 41.5 Å². The lowest BCUT2D eigenvalue weighted by Gasteiger charge is -2.39. The van der Waals surface area contributed by atoms with E-state index in [0.29, 0.717) is 16.7 Å². The first-order valence-electron chi connectivity index (χ1n) is 11.2. The number of methoxy groups -OCH3 is 1. The Kier molecular flexibility index (Phi) is 6.29. The van der Waals surface area contributed by atoms with Crippen molar-refractivity contribution < 1.29 is 44.2 Å². The Morgan fingerprint density at radius 3 is 2.39 bits per heavy atom. The van der Waals surface area contributed by atoms with Crippen LogP contribution in [0.25, 0.3) is 33.1 Å². The summed E-state index contributed by atoms with van der Waals surface area (Å²) in [4.78, 5) is 13.6. The minimum atomic E-state index is -1.74. The molecule has 1 aliphatic rings. The van der Waals surface area contributed by atoms with Gasteiger partial charge in [-0.15, -0.1) is 0 Å². The number of aliphatic hydroxyl groups excluding tert-OH is 4. The van der Waals surface area contributed by atoms with E-state index >= 15 is 0 Å². The molecule has 0 spiro atoms. The Morgan fingerprint density at radius 1 is 0.917 bits per heavy atom. The first-order valence-corrected chi connectivity index (χ1v) is 11.2. The molecule has 0 radical (unpaired) electrons. The zero-order valence-electron chi connectivity index (χ0n) is 19.1. The van der Waals surface area contributed by atoms with Crippen molar-refractivity contribution in [2.45, 2.75) is 30.7 Å². The first-order chi connectivity index (χ1) is 17.3. The number of rotatable bonds is 5. The molecule has 0 aliphatic carbocycles. The topological polar surface area (TPSA) is 159 Å². The lowest BCUT2D eigenvalue weighted by Crippen LogP contribution is -2.60. The summed E-state index contributed by atoms with van der Waals surface area (Å²) < 4.78 is 22.8. The third-order valence-corrected chi connectivity index (χ3v) is 6.27. The maximum absolute atomic E-state index is 13.6. The predicted octanol–water partition coefficient (Wildman–Crippen LogP) is 1.51. The van der Waals surface area contributed by atoms with E-state index in [9.17, 15) is 30.3 Å². The Balaban J connectivity index is 1.73. The molecule has 0 bridgehead atoms. The van der Waals surface area contributed by atoms with Gasteiger partial charge >= 0.3 is 0 Å². The molecule has 1 aliphatic heterocycles. The van der Waals surface area contributed by atoms with Crippen LogP contribution in [0.4, 0.5) is 0 Å². The Bertz CT molecular complexity index is 1480. The van der Waals surface area contributed by atoms with E-state index in [1.54, 1.807) is 24.3 Å². The van der Waals surface area contributed by atoms with Crippen LogP contribution in [0, 0.1) is 0 Å². The summed E-state index contributed by atoms with van der Waals surface area (Å²) >= 11 is 0. The van der Waals surface area contributed by atoms with Crippen LogP contribution in [0.15, 0.2) is 63.8 Å². The van der Waals surface area contributed by atoms with Crippen LogP contribution in [0.2, 0.25) is 0 Å². The smallest absolute Gasteiger partial charge is 0.235 e. The molecular formula is C26H24O10. The second kappa shape index (κ2) is 9.41. The number of aromatic hydroxyl groups is 1. The molecule has 5 N–H and O–H groups in total. The summed E-state index contributed by atoms with van der Waals surface area (Å²) in [7, 11) is 1.54. The van der Waals surface area contributed by atoms with Crippen molar-refractivity contribution in [2.24, 2.45) is 0 Å². The van der Waals surface area contributed by atoms with Gasteiger partial charge in [0, 0.05) is 17.0 Å². The van der Waals surface area contributed by atoms with Gasteiger partial charge in [0.25, 0.3) is 0 Å². The number of hydrogen-bond acceptors (Lipinski definition) is 10. The van der Waals surface area contributed by atoms with Crippen LogP contribution in [0.3, 0.4) is 0 Å². The van der Waals surface area contributed by atoms with Crippen molar-refractivity contribution in [1.29, 1.82) is 0 Å². The fourth-order valence-electron chi connectivity index (χ4n) is 4.38. The lowest BCUT2D eigenvalue weighted by atomic mass is 9.99. The molecule has 0 amide bonds. The number of hydrogen-bond donors (Lipinski definition) is 5. The predicted molar refractivity (Wildman–Crippen MR) is 128 cm³/mol. The van der Waals surface area contributed by atoms with Gasteiger partial charge in [0.2, 0.25) is 17.5 Å². The summed E-state index contributed by atoms with van der Waals surface area (Å²) in [6, 6.07) is 14.6. The van der Waals surface area contributed by atoms with Crippen molar-refractivity contribution in [2.75, 3.05) is 13.7 Å². The highest BCUT2D eigenvalue weighted by Gasteiger charge is 2.45. The SMILES string of the molecule is COc1ccc(-c2oc3cc(O)ccc3c(=O)c2O[C@@H]2O[C@H](CO)[C@H](O)[C@H](O)[C@H]2O)c2ccccc12. The normalized spacial score (nSPS) is 24.2. The van der Waals surface area contributed by atoms with Crippen LogP contribution >= 0.6 is 0 Å². The summed E-state index contributed by atoms with van der Waals surface area (Å²) in [5, 5.41) is 51.8. The van der Waals surface area contributed by atoms with Gasteiger partial charge in [-0.2, -0.15) is 0 Å². The van der Waals surface area contributed by atoms with Crippen LogP contribution in [0.1, 0.15) is 0 Å². The second-order valence-electron chi connectivity index (χ2n) is 8.45. The third-order valence-electron chi connectivity index (χ3n) is 6.27. The van der Waals surface area contributed by atoms with E-state index in [1.165, 1.54) is 25.3 Å². The highest BCUT2D eigenvalue weighted by atomic mass is 16.7. The minimum absolute atomic E-state index is 0.0195. The molecule has 1 aromatic heterocycles. The molecule has 5 atom stereocenters. The van der Waals surface area contributed by atoms with Gasteiger partial charge in [0.15, 0.2) is 5.76 Å². The standard InChI is InChI=1S/C26H24O10/c1-33-17-9-8-15(13-4-2-3-5-14(13)17)24-25(20(29)16-7-6-12(28)10-18(16)34-24)36-26-23(32)22(31)21(30)19(11-27)35-26/h2-10,19,21-23,26-28,30-32H,11H2,1H3/t19-,21+,22+,23-,26+/m1/s1. The molecule has 2 heterocycles. The highest BCUT2D eigenvalue weighted by molar-refractivity contribution is 6.00. The molecular weight excluding hydrogens is 472 g/mol. The summed E-state index contributed by atoms with van der Waals surface area (Å²) in [6.07, 6.45) is -7.87. The van der Waals surface area contributed by atoms with Gasteiger partial charge in [0.05, 0.1) is 19.1 Å². The van der Waals surface area contributed by atoms with E-state index in [1.807, 2.05) is 12.1 Å². The summed E-state index contributed by atoms with van der Waals surface area (Å²) in [6.45, 7) is -0.660. The molecule has 0 saturated carbocycles. The van der Waals surface area contributed by atoms with E-state index in [-0.39, 0.29) is 28.2 Å². The van der Waals surface area contributed by atoms with Gasteiger partial charge < -0.3 is 44.2 Å². The number of phenolic OH excluding ortho intramolecular Hbond substituents is 1. The minimum Gasteiger partial charge on any atom is -0.508 e. The van der Waals surface area contributed by atoms with Crippen molar-refractivity contribution in [3.63, 3.8) is 0 Å². The van der Waals surface area contributed by atoms with E-state index in [2.05, 4.69) is 0 Å². The number of aliphatic hydroxyl groups is 4. The van der Waals surface area contributed by atoms with E-state index in [4.69, 9.17) is 18.6 Å². The summed E-state index contributed by atoms with van der Waals surface area (Å²) in [5.74, 6) is 0.132. The number of benzene rings is 3. The van der Waals surface area contributed by atoms with Gasteiger partial charge in [-0.05, 0) is 29.7 Å². The third kappa shape index (κ3) is 3.94. The summed E-state index contributed by atoms with van der Waals surface area (Å²) in [5.41, 5.74) is -0.0764. The molecule has 5 rings (SSSR count). The zero-order chi connectivity index (χ0) is 25.6. The molecule has 3 aromatic carbocycles. The Hall–Kier alpha value is -3.67. The lowest BCUT2D eigenvalue weighted by molar-refractivity contribution is -0.277. The fourth-order valence-corrected chi connectivity index (χ4v) is 4.38. The van der Waals surface area contributed by atoms with Crippen LogP contribution in [-0.2, 0) is 4.74 Å². The van der Waals surface area contributed by atoms with Crippen molar-refractivity contribution in [3.8, 4) is 28.6 Å². The molecule has 0 unspecified atom stereocenters. The van der Waals surface area contributed by atoms with Crippen molar-refractivity contribution >= 4 is 21.7 Å². The van der Waals surface area contributed by atoms with Crippen LogP contribution in [-0.4, -0.2) is 70.0 Å². The van der Waals surface area contributed by atoms with Gasteiger partial charge in [-0.25, -0.2) is 0 Å². The quantitative estimate of drug-likeness (QED) is 0.274. The van der Waals surface area contributed by atoms with Crippen molar-refractivity contribution in [3.05, 3.63) is 64.8 Å². The largest absolute Gasteiger partial charge is 0.508 e. The maximum atomic E-state index is 13.6. The average Bonchev–Trinajstić information content (AvgIpc) is 2.89. The first kappa shape index (κ1) is 24.0. The molecule has 188 valence electrons. The monoisotopic (exact) mass is 496 g/mol. The molecule has 36 heavy (non-hydrogen) atoms. The van der Waals surface area contributed by atoms with E-state index < -0.39 is 42.7 Å². The zero-order valence-corrected chi connectivity index (χ0v) is 19.1. The second-order valence-corrected chi connectivity index (χ2v) is 8.45. The number of phenols is 1. The molecule has 1 saturated heterocycles. The number of fused-ring (bicyclic) bond motifs is 2. The van der Waals surface area contributed by atoms with Crippen LogP contribution in [0.5, 0.6) is 17.2 Å². The number of ether oxygens (including phenoxy) is 3. The van der Waals surface area contributed by atoms with Gasteiger partial charge in [-0.1, -0.05) is 24.3 Å². The fraction of sp³-hybridized carbons (Fsp3) is 0.269. The van der Waals surface area contributed by atoms with Gasteiger partial charge in [-0.3, -0.25) is 4.79 Å². The molecule has 4 aromatic rings. The molecule has 1 fully saturated rings. The molecule has 10 nitrogen and oxygen atoms in total. The maximum Gasteiger partial charge on any atom is 0.235 e. The Labute approximate surface area is 204 Å². The Morgan fingerprint density at radius 2 is 1.67 bits per heavy atom. The average molecular weight is 496 g/mol. The molecule has 10 heteroatoms. The van der Waals surface area contributed by atoms with E-state index in [0.717, 1.165) is 5.39 Å². The highest BCUT2D eigenvalue weighted by Crippen LogP contribution is 2.40. The van der Waals surface area contributed by atoms with Crippen LogP contribution < -0.4 is 14.9 Å².